The van der Waals surface area contributed by atoms with Gasteiger partial charge in [0.1, 0.15) is 5.82 Å². The van der Waals surface area contributed by atoms with Crippen LogP contribution < -0.4 is 5.73 Å². The van der Waals surface area contributed by atoms with Gasteiger partial charge in [0, 0.05) is 6.04 Å². The molecule has 0 aliphatic rings. The van der Waals surface area contributed by atoms with Crippen LogP contribution in [0.1, 0.15) is 36.6 Å². The summed E-state index contributed by atoms with van der Waals surface area (Å²) in [4.78, 5) is 0. The Hall–Kier alpha value is -1.67. The molecule has 0 aliphatic carbocycles. The van der Waals surface area contributed by atoms with Gasteiger partial charge in [-0.3, -0.25) is 0 Å². The Balaban J connectivity index is 2.06. The average Bonchev–Trinajstić information content (AvgIpc) is 2.41. The van der Waals surface area contributed by atoms with Crippen LogP contribution in [0.2, 0.25) is 0 Å². The second-order valence-electron chi connectivity index (χ2n) is 5.74. The maximum absolute atomic E-state index is 13.6. The molecule has 0 saturated heterocycles. The van der Waals surface area contributed by atoms with Gasteiger partial charge in [-0.2, -0.15) is 0 Å². The monoisotopic (exact) mass is 271 g/mol. The van der Waals surface area contributed by atoms with E-state index in [9.17, 15) is 4.39 Å². The smallest absolute Gasteiger partial charge is 0.126 e. The van der Waals surface area contributed by atoms with Crippen molar-refractivity contribution in [2.75, 3.05) is 0 Å². The minimum atomic E-state index is -0.181. The zero-order chi connectivity index (χ0) is 14.5. The highest BCUT2D eigenvalue weighted by molar-refractivity contribution is 5.27. The number of halogens is 1. The topological polar surface area (TPSA) is 26.0 Å². The summed E-state index contributed by atoms with van der Waals surface area (Å²) in [6, 6.07) is 15.0. The third kappa shape index (κ3) is 3.91. The molecule has 0 amide bonds. The minimum absolute atomic E-state index is 0.167. The van der Waals surface area contributed by atoms with E-state index in [1.807, 2.05) is 6.07 Å². The van der Waals surface area contributed by atoms with E-state index >= 15 is 0 Å². The van der Waals surface area contributed by atoms with Gasteiger partial charge in [-0.15, -0.1) is 0 Å². The summed E-state index contributed by atoms with van der Waals surface area (Å²) in [5, 5.41) is 0. The fraction of sp³-hybridized carbons (Fsp3) is 0.333. The molecule has 0 bridgehead atoms. The van der Waals surface area contributed by atoms with Gasteiger partial charge >= 0.3 is 0 Å². The second kappa shape index (κ2) is 6.67. The third-order valence-corrected chi connectivity index (χ3v) is 3.45. The van der Waals surface area contributed by atoms with Gasteiger partial charge in [-0.05, 0) is 41.5 Å². The van der Waals surface area contributed by atoms with Crippen molar-refractivity contribution in [1.82, 2.24) is 0 Å². The molecule has 2 N–H and O–H groups in total. The maximum atomic E-state index is 13.6. The van der Waals surface area contributed by atoms with Crippen LogP contribution in [-0.2, 0) is 12.8 Å². The Morgan fingerprint density at radius 1 is 0.950 bits per heavy atom. The highest BCUT2D eigenvalue weighted by Gasteiger charge is 2.10. The average molecular weight is 271 g/mol. The van der Waals surface area contributed by atoms with Gasteiger partial charge in [-0.1, -0.05) is 56.3 Å². The van der Waals surface area contributed by atoms with Gasteiger partial charge in [0.25, 0.3) is 0 Å². The van der Waals surface area contributed by atoms with Crippen LogP contribution in [0, 0.1) is 11.7 Å². The highest BCUT2D eigenvalue weighted by Crippen LogP contribution is 2.19. The second-order valence-corrected chi connectivity index (χ2v) is 5.74. The Morgan fingerprint density at radius 3 is 2.20 bits per heavy atom. The van der Waals surface area contributed by atoms with Gasteiger partial charge in [0.05, 0.1) is 0 Å². The minimum Gasteiger partial charge on any atom is -0.324 e. The maximum Gasteiger partial charge on any atom is 0.126 e. The van der Waals surface area contributed by atoms with E-state index in [1.165, 1.54) is 11.6 Å². The Kier molecular flexibility index (Phi) is 4.91. The number of hydrogen-bond acceptors (Lipinski definition) is 1. The molecule has 0 spiro atoms. The molecule has 1 unspecified atom stereocenters. The SMILES string of the molecule is CC(C)Cc1ccc(C(N)Cc2ccccc2F)cc1. The zero-order valence-electron chi connectivity index (χ0n) is 12.1. The first-order valence-electron chi connectivity index (χ1n) is 7.14. The van der Waals surface area contributed by atoms with E-state index in [-0.39, 0.29) is 11.9 Å². The van der Waals surface area contributed by atoms with Crippen molar-refractivity contribution in [2.24, 2.45) is 11.7 Å². The van der Waals surface area contributed by atoms with E-state index in [4.69, 9.17) is 5.73 Å². The molecular formula is C18H22FN. The van der Waals surface area contributed by atoms with Crippen molar-refractivity contribution < 1.29 is 4.39 Å². The fourth-order valence-corrected chi connectivity index (χ4v) is 2.39. The summed E-state index contributed by atoms with van der Waals surface area (Å²) >= 11 is 0. The van der Waals surface area contributed by atoms with Gasteiger partial charge < -0.3 is 5.73 Å². The predicted octanol–water partition coefficient (Wildman–Crippen LogP) is 4.27. The van der Waals surface area contributed by atoms with Crippen LogP contribution >= 0.6 is 0 Å². The first-order chi connectivity index (χ1) is 9.56. The van der Waals surface area contributed by atoms with Crippen LogP contribution in [0.3, 0.4) is 0 Å². The van der Waals surface area contributed by atoms with E-state index in [0.29, 0.717) is 17.9 Å². The van der Waals surface area contributed by atoms with Gasteiger partial charge in [0.2, 0.25) is 0 Å². The lowest BCUT2D eigenvalue weighted by Crippen LogP contribution is -2.14. The number of hydrogen-bond donors (Lipinski definition) is 1. The largest absolute Gasteiger partial charge is 0.324 e. The van der Waals surface area contributed by atoms with Gasteiger partial charge in [-0.25, -0.2) is 4.39 Å². The lowest BCUT2D eigenvalue weighted by molar-refractivity contribution is 0.593. The Morgan fingerprint density at radius 2 is 1.60 bits per heavy atom. The van der Waals surface area contributed by atoms with Crippen LogP contribution in [0.15, 0.2) is 48.5 Å². The molecule has 0 saturated carbocycles. The van der Waals surface area contributed by atoms with Crippen LogP contribution in [0.5, 0.6) is 0 Å². The standard InChI is InChI=1S/C18H22FN/c1-13(2)11-14-7-9-15(10-8-14)18(20)12-16-5-3-4-6-17(16)19/h3-10,13,18H,11-12,20H2,1-2H3. The van der Waals surface area contributed by atoms with Gasteiger partial charge in [0.15, 0.2) is 0 Å². The van der Waals surface area contributed by atoms with Crippen molar-refractivity contribution in [3.05, 3.63) is 71.0 Å². The molecule has 1 atom stereocenters. The van der Waals surface area contributed by atoms with E-state index in [2.05, 4.69) is 38.1 Å². The van der Waals surface area contributed by atoms with Crippen LogP contribution in [-0.4, -0.2) is 0 Å². The van der Waals surface area contributed by atoms with Crippen molar-refractivity contribution in [3.63, 3.8) is 0 Å². The summed E-state index contributed by atoms with van der Waals surface area (Å²) in [6.45, 7) is 4.41. The van der Waals surface area contributed by atoms with E-state index in [1.54, 1.807) is 12.1 Å². The molecule has 106 valence electrons. The quantitative estimate of drug-likeness (QED) is 0.863. The molecule has 0 aliphatic heterocycles. The molecular weight excluding hydrogens is 249 g/mol. The summed E-state index contributed by atoms with van der Waals surface area (Å²) in [6.07, 6.45) is 1.60. The molecule has 0 fully saturated rings. The normalized spacial score (nSPS) is 12.7. The molecule has 0 aromatic heterocycles. The Labute approximate surface area is 120 Å². The molecule has 2 aromatic carbocycles. The molecule has 2 heteroatoms. The van der Waals surface area contributed by atoms with Crippen molar-refractivity contribution >= 4 is 0 Å². The number of rotatable bonds is 5. The fourth-order valence-electron chi connectivity index (χ4n) is 2.39. The van der Waals surface area contributed by atoms with Crippen LogP contribution in [0.25, 0.3) is 0 Å². The van der Waals surface area contributed by atoms with E-state index < -0.39 is 0 Å². The summed E-state index contributed by atoms with van der Waals surface area (Å²) in [5.74, 6) is 0.465. The molecule has 20 heavy (non-hydrogen) atoms. The summed E-state index contributed by atoms with van der Waals surface area (Å²) in [5.41, 5.74) is 9.23. The Bertz CT molecular complexity index is 546. The lowest BCUT2D eigenvalue weighted by Gasteiger charge is -2.14. The summed E-state index contributed by atoms with van der Waals surface area (Å²) in [7, 11) is 0. The number of benzene rings is 2. The molecule has 2 rings (SSSR count). The van der Waals surface area contributed by atoms with Crippen molar-refractivity contribution in [3.8, 4) is 0 Å². The van der Waals surface area contributed by atoms with Crippen LogP contribution in [0.4, 0.5) is 4.39 Å². The summed E-state index contributed by atoms with van der Waals surface area (Å²) < 4.78 is 13.6. The van der Waals surface area contributed by atoms with E-state index in [0.717, 1.165) is 12.0 Å². The first-order valence-corrected chi connectivity index (χ1v) is 7.14. The third-order valence-electron chi connectivity index (χ3n) is 3.45. The first kappa shape index (κ1) is 14.7. The molecule has 0 radical (unpaired) electrons. The number of nitrogens with two attached hydrogens (primary N) is 1. The predicted molar refractivity (Wildman–Crippen MR) is 82.0 cm³/mol. The molecule has 1 nitrogen and oxygen atoms in total. The zero-order valence-corrected chi connectivity index (χ0v) is 12.1. The lowest BCUT2D eigenvalue weighted by atomic mass is 9.96. The highest BCUT2D eigenvalue weighted by atomic mass is 19.1. The molecule has 2 aromatic rings. The van der Waals surface area contributed by atoms with Crippen molar-refractivity contribution in [1.29, 1.82) is 0 Å². The van der Waals surface area contributed by atoms with Crippen molar-refractivity contribution in [2.45, 2.75) is 32.7 Å². The molecule has 0 heterocycles.